The quantitative estimate of drug-likeness (QED) is 0.639. The van der Waals surface area contributed by atoms with E-state index in [0.29, 0.717) is 16.9 Å². The fourth-order valence-corrected chi connectivity index (χ4v) is 2.84. The predicted octanol–water partition coefficient (Wildman–Crippen LogP) is 3.96. The van der Waals surface area contributed by atoms with Gasteiger partial charge in [0.2, 0.25) is 5.76 Å². The van der Waals surface area contributed by atoms with Crippen LogP contribution in [0.4, 0.5) is 5.69 Å². The fourth-order valence-electron chi connectivity index (χ4n) is 2.84. The number of ether oxygens (including phenoxy) is 2. The average Bonchev–Trinajstić information content (AvgIpc) is 3.03. The largest absolute Gasteiger partial charge is 0.497 e. The van der Waals surface area contributed by atoms with Crippen molar-refractivity contribution in [2.75, 3.05) is 19.1 Å². The van der Waals surface area contributed by atoms with Gasteiger partial charge in [-0.1, -0.05) is 18.2 Å². The molecule has 3 rings (SSSR count). The molecule has 6 nitrogen and oxygen atoms in total. The third-order valence-corrected chi connectivity index (χ3v) is 4.43. The molecule has 0 radical (unpaired) electrons. The number of esters is 1. The van der Waals surface area contributed by atoms with Gasteiger partial charge >= 0.3 is 5.97 Å². The topological polar surface area (TPSA) is 69.0 Å². The van der Waals surface area contributed by atoms with Gasteiger partial charge in [-0.05, 0) is 44.2 Å². The first-order valence-corrected chi connectivity index (χ1v) is 8.53. The summed E-state index contributed by atoms with van der Waals surface area (Å²) in [5.41, 5.74) is 1.92. The third-order valence-electron chi connectivity index (χ3n) is 4.43. The highest BCUT2D eigenvalue weighted by Crippen LogP contribution is 2.29. The van der Waals surface area contributed by atoms with Crippen molar-refractivity contribution >= 4 is 28.5 Å². The van der Waals surface area contributed by atoms with Crippen LogP contribution < -0.4 is 9.64 Å². The zero-order valence-corrected chi connectivity index (χ0v) is 15.7. The molecule has 1 amide bonds. The SMILES string of the molecule is COc1ccc2oc(C(=O)O[C@H](C)C(=O)N(C)c3ccccc3)c(C)c2c1. The second kappa shape index (κ2) is 7.53. The number of rotatable bonds is 5. The number of hydrogen-bond donors (Lipinski definition) is 0. The highest BCUT2D eigenvalue weighted by molar-refractivity contribution is 6.00. The maximum Gasteiger partial charge on any atom is 0.375 e. The third kappa shape index (κ3) is 3.65. The minimum absolute atomic E-state index is 0.0836. The van der Waals surface area contributed by atoms with Crippen LogP contribution >= 0.6 is 0 Å². The Bertz CT molecular complexity index is 977. The summed E-state index contributed by atoms with van der Waals surface area (Å²) in [5, 5.41) is 0.765. The van der Waals surface area contributed by atoms with Crippen molar-refractivity contribution < 1.29 is 23.5 Å². The molecule has 0 N–H and O–H groups in total. The van der Waals surface area contributed by atoms with Crippen LogP contribution in [0.15, 0.2) is 52.9 Å². The molecule has 0 aliphatic heterocycles. The van der Waals surface area contributed by atoms with Gasteiger partial charge in [0.15, 0.2) is 6.10 Å². The molecule has 140 valence electrons. The number of likely N-dealkylation sites (N-methyl/N-ethyl adjacent to an activating group) is 1. The number of aryl methyl sites for hydroxylation is 1. The minimum Gasteiger partial charge on any atom is -0.497 e. The summed E-state index contributed by atoms with van der Waals surface area (Å²) in [6, 6.07) is 14.4. The molecule has 0 saturated heterocycles. The Morgan fingerprint density at radius 3 is 2.48 bits per heavy atom. The summed E-state index contributed by atoms with van der Waals surface area (Å²) in [5.74, 6) is -0.255. The summed E-state index contributed by atoms with van der Waals surface area (Å²) in [6.07, 6.45) is -0.954. The first-order valence-electron chi connectivity index (χ1n) is 8.53. The van der Waals surface area contributed by atoms with Crippen LogP contribution in [0.1, 0.15) is 23.0 Å². The van der Waals surface area contributed by atoms with Crippen molar-refractivity contribution in [3.8, 4) is 5.75 Å². The van der Waals surface area contributed by atoms with Crippen molar-refractivity contribution in [3.63, 3.8) is 0 Å². The van der Waals surface area contributed by atoms with Crippen LogP contribution in [0.3, 0.4) is 0 Å². The van der Waals surface area contributed by atoms with Crippen LogP contribution in [-0.2, 0) is 9.53 Å². The van der Waals surface area contributed by atoms with Gasteiger partial charge in [-0.2, -0.15) is 0 Å². The lowest BCUT2D eigenvalue weighted by Gasteiger charge is -2.21. The van der Waals surface area contributed by atoms with E-state index in [4.69, 9.17) is 13.9 Å². The molecule has 1 aromatic heterocycles. The molecule has 0 bridgehead atoms. The molecule has 3 aromatic rings. The average molecular weight is 367 g/mol. The van der Waals surface area contributed by atoms with Gasteiger partial charge < -0.3 is 18.8 Å². The Morgan fingerprint density at radius 1 is 1.11 bits per heavy atom. The minimum atomic E-state index is -0.954. The zero-order valence-electron chi connectivity index (χ0n) is 15.7. The number of hydrogen-bond acceptors (Lipinski definition) is 5. The van der Waals surface area contributed by atoms with Crippen molar-refractivity contribution in [1.29, 1.82) is 0 Å². The molecule has 0 aliphatic carbocycles. The van der Waals surface area contributed by atoms with E-state index < -0.39 is 12.1 Å². The Morgan fingerprint density at radius 2 is 1.81 bits per heavy atom. The van der Waals surface area contributed by atoms with Crippen molar-refractivity contribution in [2.45, 2.75) is 20.0 Å². The monoisotopic (exact) mass is 367 g/mol. The summed E-state index contributed by atoms with van der Waals surface area (Å²) in [6.45, 7) is 3.31. The van der Waals surface area contributed by atoms with E-state index in [9.17, 15) is 9.59 Å². The molecular weight excluding hydrogens is 346 g/mol. The number of furan rings is 1. The standard InChI is InChI=1S/C21H21NO5/c1-13-17-12-16(25-4)10-11-18(17)27-19(13)21(24)26-14(2)20(23)22(3)15-8-6-5-7-9-15/h5-12,14H,1-4H3/t14-/m1/s1. The molecule has 1 heterocycles. The normalized spacial score (nSPS) is 11.9. The number of carbonyl (C=O) groups is 2. The Balaban J connectivity index is 1.77. The van der Waals surface area contributed by atoms with Crippen LogP contribution in [0, 0.1) is 6.92 Å². The van der Waals surface area contributed by atoms with Gasteiger partial charge in [0, 0.05) is 23.7 Å². The zero-order chi connectivity index (χ0) is 19.6. The summed E-state index contributed by atoms with van der Waals surface area (Å²) >= 11 is 0. The lowest BCUT2D eigenvalue weighted by Crippen LogP contribution is -2.37. The number of anilines is 1. The van der Waals surface area contributed by atoms with Gasteiger partial charge in [0.25, 0.3) is 5.91 Å². The van der Waals surface area contributed by atoms with Gasteiger partial charge in [-0.25, -0.2) is 4.79 Å². The van der Waals surface area contributed by atoms with E-state index in [0.717, 1.165) is 11.1 Å². The van der Waals surface area contributed by atoms with E-state index >= 15 is 0 Å². The van der Waals surface area contributed by atoms with E-state index in [1.807, 2.05) is 30.3 Å². The number of methoxy groups -OCH3 is 1. The Hall–Kier alpha value is -3.28. The van der Waals surface area contributed by atoms with Crippen LogP contribution in [0.5, 0.6) is 5.75 Å². The van der Waals surface area contributed by atoms with E-state index in [1.165, 1.54) is 4.90 Å². The van der Waals surface area contributed by atoms with Crippen LogP contribution in [0.2, 0.25) is 0 Å². The molecule has 2 aromatic carbocycles. The molecule has 0 aliphatic rings. The molecule has 27 heavy (non-hydrogen) atoms. The lowest BCUT2D eigenvalue weighted by molar-refractivity contribution is -0.126. The van der Waals surface area contributed by atoms with Gasteiger partial charge in [0.05, 0.1) is 7.11 Å². The molecule has 1 atom stereocenters. The van der Waals surface area contributed by atoms with Crippen molar-refractivity contribution in [1.82, 2.24) is 0 Å². The fraction of sp³-hybridized carbons (Fsp3) is 0.238. The van der Waals surface area contributed by atoms with E-state index in [1.54, 1.807) is 46.2 Å². The second-order valence-electron chi connectivity index (χ2n) is 6.20. The maximum absolute atomic E-state index is 12.6. The molecular formula is C21H21NO5. The lowest BCUT2D eigenvalue weighted by atomic mass is 10.1. The summed E-state index contributed by atoms with van der Waals surface area (Å²) in [7, 11) is 3.21. The molecule has 0 spiro atoms. The summed E-state index contributed by atoms with van der Waals surface area (Å²) < 4.78 is 16.2. The van der Waals surface area contributed by atoms with Crippen molar-refractivity contribution in [2.24, 2.45) is 0 Å². The number of para-hydroxylation sites is 1. The molecule has 0 saturated carbocycles. The Kier molecular flexibility index (Phi) is 5.16. The highest BCUT2D eigenvalue weighted by atomic mass is 16.6. The first kappa shape index (κ1) is 18.5. The smallest absolute Gasteiger partial charge is 0.375 e. The number of benzene rings is 2. The second-order valence-corrected chi connectivity index (χ2v) is 6.20. The van der Waals surface area contributed by atoms with Gasteiger partial charge in [-0.3, -0.25) is 4.79 Å². The molecule has 0 fully saturated rings. The van der Waals surface area contributed by atoms with E-state index in [-0.39, 0.29) is 11.7 Å². The number of amides is 1. The summed E-state index contributed by atoms with van der Waals surface area (Å²) in [4.78, 5) is 26.6. The van der Waals surface area contributed by atoms with Crippen molar-refractivity contribution in [3.05, 3.63) is 59.9 Å². The van der Waals surface area contributed by atoms with Gasteiger partial charge in [-0.15, -0.1) is 0 Å². The maximum atomic E-state index is 12.6. The highest BCUT2D eigenvalue weighted by Gasteiger charge is 2.26. The molecule has 0 unspecified atom stereocenters. The first-order chi connectivity index (χ1) is 12.9. The predicted molar refractivity (Wildman–Crippen MR) is 102 cm³/mol. The number of fused-ring (bicyclic) bond motifs is 1. The Labute approximate surface area is 157 Å². The van der Waals surface area contributed by atoms with Gasteiger partial charge in [0.1, 0.15) is 11.3 Å². The molecule has 6 heteroatoms. The number of carbonyl (C=O) groups excluding carboxylic acids is 2. The number of nitrogens with zero attached hydrogens (tertiary/aromatic N) is 1. The van der Waals surface area contributed by atoms with Crippen LogP contribution in [0.25, 0.3) is 11.0 Å². The van der Waals surface area contributed by atoms with E-state index in [2.05, 4.69) is 0 Å². The van der Waals surface area contributed by atoms with Crippen LogP contribution in [-0.4, -0.2) is 32.1 Å².